The van der Waals surface area contributed by atoms with Gasteiger partial charge in [-0.15, -0.1) is 0 Å². The molecule has 0 atom stereocenters. The minimum absolute atomic E-state index is 0.00483. The standard InChI is InChI=1S/C19H16F4N6O2/c1-30-12-2-3-14(20)13(7-12)16-26-17(24)28-18(27-16)29(11-8-31-9-11)10-4-5-25-15(6-10)19(21,22)23/h2-7,11H,8-9H2,1H3,(H2,24,26,27,28). The SMILES string of the molecule is COc1ccc(F)c(-c2nc(N)nc(N(c3ccnc(C(F)(F)F)c3)C3COC3)n2)c1. The number of benzene rings is 1. The lowest BCUT2D eigenvalue weighted by Gasteiger charge is -2.37. The van der Waals surface area contributed by atoms with Gasteiger partial charge in [-0.05, 0) is 30.3 Å². The molecular weight excluding hydrogens is 420 g/mol. The van der Waals surface area contributed by atoms with E-state index in [2.05, 4.69) is 19.9 Å². The molecule has 1 aromatic carbocycles. The highest BCUT2D eigenvalue weighted by atomic mass is 19.4. The number of ether oxygens (including phenoxy) is 2. The maximum absolute atomic E-state index is 14.4. The van der Waals surface area contributed by atoms with E-state index in [0.717, 1.165) is 12.3 Å². The molecule has 2 N–H and O–H groups in total. The minimum atomic E-state index is -4.63. The summed E-state index contributed by atoms with van der Waals surface area (Å²) in [6.45, 7) is 0.468. The molecule has 8 nitrogen and oxygen atoms in total. The topological polar surface area (TPSA) is 99.3 Å². The summed E-state index contributed by atoms with van der Waals surface area (Å²) < 4.78 is 64.3. The number of nitrogens with zero attached hydrogens (tertiary/aromatic N) is 5. The summed E-state index contributed by atoms with van der Waals surface area (Å²) in [7, 11) is 1.42. The number of hydrogen-bond acceptors (Lipinski definition) is 8. The monoisotopic (exact) mass is 436 g/mol. The zero-order chi connectivity index (χ0) is 22.2. The molecule has 1 fully saturated rings. The Kier molecular flexibility index (Phi) is 5.31. The molecule has 1 aliphatic rings. The summed E-state index contributed by atoms with van der Waals surface area (Å²) in [5, 5.41) is 0. The van der Waals surface area contributed by atoms with E-state index in [4.69, 9.17) is 15.2 Å². The molecule has 12 heteroatoms. The van der Waals surface area contributed by atoms with Crippen molar-refractivity contribution in [3.8, 4) is 17.1 Å². The van der Waals surface area contributed by atoms with Crippen molar-refractivity contribution in [2.45, 2.75) is 12.2 Å². The lowest BCUT2D eigenvalue weighted by atomic mass is 10.1. The van der Waals surface area contributed by atoms with Crippen LogP contribution in [0.3, 0.4) is 0 Å². The van der Waals surface area contributed by atoms with Crippen molar-refractivity contribution in [1.29, 1.82) is 0 Å². The smallest absolute Gasteiger partial charge is 0.433 e. The predicted molar refractivity (Wildman–Crippen MR) is 102 cm³/mol. The van der Waals surface area contributed by atoms with Gasteiger partial charge in [0.25, 0.3) is 0 Å². The van der Waals surface area contributed by atoms with Crippen molar-refractivity contribution in [3.05, 3.63) is 48.0 Å². The first-order chi connectivity index (χ1) is 14.8. The average Bonchev–Trinajstić information content (AvgIpc) is 2.70. The summed E-state index contributed by atoms with van der Waals surface area (Å²) >= 11 is 0. The van der Waals surface area contributed by atoms with Crippen LogP contribution in [0.4, 0.5) is 35.1 Å². The molecule has 1 aliphatic heterocycles. The van der Waals surface area contributed by atoms with Crippen molar-refractivity contribution in [3.63, 3.8) is 0 Å². The van der Waals surface area contributed by atoms with E-state index in [-0.39, 0.29) is 48.2 Å². The second-order valence-electron chi connectivity index (χ2n) is 6.62. The zero-order valence-electron chi connectivity index (χ0n) is 16.1. The molecule has 1 saturated heterocycles. The molecule has 0 saturated carbocycles. The van der Waals surface area contributed by atoms with E-state index >= 15 is 0 Å². The number of methoxy groups -OCH3 is 1. The number of nitrogen functional groups attached to an aromatic ring is 1. The normalized spacial score (nSPS) is 14.2. The Balaban J connectivity index is 1.83. The van der Waals surface area contributed by atoms with Gasteiger partial charge in [-0.1, -0.05) is 0 Å². The number of halogens is 4. The van der Waals surface area contributed by atoms with Gasteiger partial charge in [0.1, 0.15) is 17.3 Å². The summed E-state index contributed by atoms with van der Waals surface area (Å²) in [5.74, 6) is -0.617. The van der Waals surface area contributed by atoms with Gasteiger partial charge < -0.3 is 20.1 Å². The molecule has 0 bridgehead atoms. The van der Waals surface area contributed by atoms with Crippen LogP contribution in [-0.4, -0.2) is 46.3 Å². The summed E-state index contributed by atoms with van der Waals surface area (Å²) in [5.41, 5.74) is 4.90. The number of nitrogens with two attached hydrogens (primary N) is 1. The largest absolute Gasteiger partial charge is 0.497 e. The number of hydrogen-bond donors (Lipinski definition) is 1. The van der Waals surface area contributed by atoms with Gasteiger partial charge in [0.15, 0.2) is 5.82 Å². The maximum atomic E-state index is 14.4. The van der Waals surface area contributed by atoms with Crippen molar-refractivity contribution in [1.82, 2.24) is 19.9 Å². The fourth-order valence-corrected chi connectivity index (χ4v) is 3.00. The van der Waals surface area contributed by atoms with Crippen LogP contribution in [-0.2, 0) is 10.9 Å². The Hall–Kier alpha value is -3.54. The Morgan fingerprint density at radius 3 is 2.55 bits per heavy atom. The van der Waals surface area contributed by atoms with E-state index < -0.39 is 17.7 Å². The molecular formula is C19H16F4N6O2. The van der Waals surface area contributed by atoms with Crippen LogP contribution in [0.2, 0.25) is 0 Å². The lowest BCUT2D eigenvalue weighted by molar-refractivity contribution is -0.141. The zero-order valence-corrected chi connectivity index (χ0v) is 16.1. The average molecular weight is 436 g/mol. The van der Waals surface area contributed by atoms with Crippen molar-refractivity contribution < 1.29 is 27.0 Å². The Morgan fingerprint density at radius 2 is 1.90 bits per heavy atom. The Bertz CT molecular complexity index is 1110. The number of rotatable bonds is 5. The highest BCUT2D eigenvalue weighted by molar-refractivity contribution is 5.65. The van der Waals surface area contributed by atoms with E-state index in [0.29, 0.717) is 5.75 Å². The van der Waals surface area contributed by atoms with Crippen LogP contribution in [0.5, 0.6) is 5.75 Å². The molecule has 2 aromatic heterocycles. The van der Waals surface area contributed by atoms with Gasteiger partial charge >= 0.3 is 6.18 Å². The van der Waals surface area contributed by atoms with Gasteiger partial charge in [0, 0.05) is 11.9 Å². The molecule has 3 aromatic rings. The van der Waals surface area contributed by atoms with E-state index in [9.17, 15) is 17.6 Å². The number of pyridine rings is 1. The number of alkyl halides is 3. The summed E-state index contributed by atoms with van der Waals surface area (Å²) in [4.78, 5) is 17.2. The fourth-order valence-electron chi connectivity index (χ4n) is 3.00. The maximum Gasteiger partial charge on any atom is 0.433 e. The van der Waals surface area contributed by atoms with Gasteiger partial charge in [0.05, 0.1) is 31.9 Å². The van der Waals surface area contributed by atoms with Crippen LogP contribution in [0, 0.1) is 5.82 Å². The number of aromatic nitrogens is 4. The van der Waals surface area contributed by atoms with Crippen LogP contribution >= 0.6 is 0 Å². The van der Waals surface area contributed by atoms with E-state index in [1.165, 1.54) is 36.3 Å². The minimum Gasteiger partial charge on any atom is -0.497 e. The Morgan fingerprint density at radius 1 is 1.13 bits per heavy atom. The van der Waals surface area contributed by atoms with Gasteiger partial charge in [0.2, 0.25) is 11.9 Å². The van der Waals surface area contributed by atoms with Crippen LogP contribution in [0.25, 0.3) is 11.4 Å². The summed E-state index contributed by atoms with van der Waals surface area (Å²) in [6.07, 6.45) is -3.59. The highest BCUT2D eigenvalue weighted by Gasteiger charge is 2.35. The molecule has 162 valence electrons. The second kappa shape index (κ2) is 7.95. The first-order valence-corrected chi connectivity index (χ1v) is 9.02. The predicted octanol–water partition coefficient (Wildman–Crippen LogP) is 3.22. The van der Waals surface area contributed by atoms with Crippen molar-refractivity contribution in [2.75, 3.05) is 31.0 Å². The first-order valence-electron chi connectivity index (χ1n) is 9.02. The quantitative estimate of drug-likeness (QED) is 0.609. The molecule has 3 heterocycles. The molecule has 4 rings (SSSR count). The Labute approximate surface area is 173 Å². The van der Waals surface area contributed by atoms with Gasteiger partial charge in [-0.3, -0.25) is 4.98 Å². The van der Waals surface area contributed by atoms with E-state index in [1.807, 2.05) is 0 Å². The van der Waals surface area contributed by atoms with Crippen LogP contribution in [0.1, 0.15) is 5.69 Å². The van der Waals surface area contributed by atoms with Gasteiger partial charge in [-0.2, -0.15) is 28.1 Å². The third-order valence-corrected chi connectivity index (χ3v) is 4.57. The lowest BCUT2D eigenvalue weighted by Crippen LogP contribution is -2.47. The fraction of sp³-hybridized carbons (Fsp3) is 0.263. The third kappa shape index (κ3) is 4.19. The van der Waals surface area contributed by atoms with Crippen LogP contribution in [0.15, 0.2) is 36.5 Å². The van der Waals surface area contributed by atoms with Crippen LogP contribution < -0.4 is 15.4 Å². The van der Waals surface area contributed by atoms with Gasteiger partial charge in [-0.25, -0.2) is 4.39 Å². The highest BCUT2D eigenvalue weighted by Crippen LogP contribution is 2.34. The first kappa shape index (κ1) is 20.7. The number of anilines is 3. The van der Waals surface area contributed by atoms with Crippen molar-refractivity contribution >= 4 is 17.6 Å². The molecule has 0 amide bonds. The van der Waals surface area contributed by atoms with E-state index in [1.54, 1.807) is 0 Å². The molecule has 31 heavy (non-hydrogen) atoms. The third-order valence-electron chi connectivity index (χ3n) is 4.57. The molecule has 0 spiro atoms. The van der Waals surface area contributed by atoms with Crippen molar-refractivity contribution in [2.24, 2.45) is 0 Å². The molecule has 0 unspecified atom stereocenters. The second-order valence-corrected chi connectivity index (χ2v) is 6.62. The molecule has 0 radical (unpaired) electrons. The summed E-state index contributed by atoms with van der Waals surface area (Å²) in [6, 6.07) is 5.91. The molecule has 0 aliphatic carbocycles.